The minimum atomic E-state index is -0.183. The SMILES string of the molecule is CC(C)n1c(C2CC3CCC2N3)nc2ccc(F)cc21. The zero-order valence-corrected chi connectivity index (χ0v) is 11.9. The second-order valence-corrected chi connectivity index (χ2v) is 6.46. The summed E-state index contributed by atoms with van der Waals surface area (Å²) < 4.78 is 15.8. The standard InChI is InChI=1S/C16H20FN3/c1-9(2)20-15-7-10(17)3-5-14(15)19-16(20)12-8-11-4-6-13(12)18-11/h3,5,7,9,11-13,18H,4,6,8H2,1-2H3. The molecule has 1 aromatic heterocycles. The van der Waals surface area contributed by atoms with Gasteiger partial charge >= 0.3 is 0 Å². The van der Waals surface area contributed by atoms with E-state index in [2.05, 4.69) is 23.7 Å². The zero-order chi connectivity index (χ0) is 13.9. The highest BCUT2D eigenvalue weighted by atomic mass is 19.1. The number of rotatable bonds is 2. The molecule has 2 aliphatic heterocycles. The van der Waals surface area contributed by atoms with E-state index in [1.165, 1.54) is 25.3 Å². The van der Waals surface area contributed by atoms with E-state index in [-0.39, 0.29) is 5.82 Å². The van der Waals surface area contributed by atoms with Gasteiger partial charge in [-0.05, 0) is 51.3 Å². The lowest BCUT2D eigenvalue weighted by Gasteiger charge is -2.22. The molecule has 2 aliphatic rings. The first kappa shape index (κ1) is 12.3. The zero-order valence-electron chi connectivity index (χ0n) is 11.9. The van der Waals surface area contributed by atoms with Gasteiger partial charge in [-0.25, -0.2) is 9.37 Å². The molecule has 106 valence electrons. The molecule has 2 aromatic rings. The minimum absolute atomic E-state index is 0.183. The Morgan fingerprint density at radius 2 is 2.20 bits per heavy atom. The molecule has 0 spiro atoms. The highest BCUT2D eigenvalue weighted by Crippen LogP contribution is 2.41. The lowest BCUT2D eigenvalue weighted by molar-refractivity contribution is 0.455. The minimum Gasteiger partial charge on any atom is -0.325 e. The second-order valence-electron chi connectivity index (χ2n) is 6.46. The first-order chi connectivity index (χ1) is 9.63. The predicted octanol–water partition coefficient (Wildman–Crippen LogP) is 3.36. The van der Waals surface area contributed by atoms with Crippen LogP contribution in [0.5, 0.6) is 0 Å². The Morgan fingerprint density at radius 3 is 2.85 bits per heavy atom. The Balaban J connectivity index is 1.88. The number of hydrogen-bond donors (Lipinski definition) is 1. The Hall–Kier alpha value is -1.42. The second kappa shape index (κ2) is 4.29. The van der Waals surface area contributed by atoms with Crippen molar-refractivity contribution >= 4 is 11.0 Å². The Kier molecular flexibility index (Phi) is 2.64. The maximum atomic E-state index is 13.6. The van der Waals surface area contributed by atoms with Crippen molar-refractivity contribution in [2.24, 2.45) is 0 Å². The van der Waals surface area contributed by atoms with Gasteiger partial charge in [0.15, 0.2) is 0 Å². The summed E-state index contributed by atoms with van der Waals surface area (Å²) in [7, 11) is 0. The van der Waals surface area contributed by atoms with Gasteiger partial charge in [0, 0.05) is 24.0 Å². The molecule has 3 nitrogen and oxygen atoms in total. The molecule has 0 amide bonds. The third-order valence-corrected chi connectivity index (χ3v) is 4.83. The maximum Gasteiger partial charge on any atom is 0.125 e. The van der Waals surface area contributed by atoms with E-state index < -0.39 is 0 Å². The Morgan fingerprint density at radius 1 is 1.35 bits per heavy atom. The third-order valence-electron chi connectivity index (χ3n) is 4.83. The van der Waals surface area contributed by atoms with Gasteiger partial charge < -0.3 is 9.88 Å². The van der Waals surface area contributed by atoms with Crippen molar-refractivity contribution < 1.29 is 4.39 Å². The molecule has 0 aliphatic carbocycles. The summed E-state index contributed by atoms with van der Waals surface area (Å²) in [5.41, 5.74) is 1.84. The summed E-state index contributed by atoms with van der Waals surface area (Å²) in [5.74, 6) is 1.43. The molecular weight excluding hydrogens is 253 g/mol. The van der Waals surface area contributed by atoms with Crippen molar-refractivity contribution in [1.29, 1.82) is 0 Å². The van der Waals surface area contributed by atoms with E-state index in [0.29, 0.717) is 24.0 Å². The van der Waals surface area contributed by atoms with Crippen LogP contribution >= 0.6 is 0 Å². The largest absolute Gasteiger partial charge is 0.325 e. The average Bonchev–Trinajstić information content (AvgIpc) is 3.10. The molecule has 1 N–H and O–H groups in total. The van der Waals surface area contributed by atoms with Gasteiger partial charge in [0.2, 0.25) is 0 Å². The number of nitrogens with one attached hydrogen (secondary N) is 1. The number of hydrogen-bond acceptors (Lipinski definition) is 2. The number of halogens is 1. The first-order valence-corrected chi connectivity index (χ1v) is 7.57. The summed E-state index contributed by atoms with van der Waals surface area (Å²) in [6, 6.07) is 6.43. The van der Waals surface area contributed by atoms with Gasteiger partial charge in [0.1, 0.15) is 11.6 Å². The number of aromatic nitrogens is 2. The van der Waals surface area contributed by atoms with Gasteiger partial charge in [-0.3, -0.25) is 0 Å². The van der Waals surface area contributed by atoms with Crippen molar-refractivity contribution in [3.05, 3.63) is 29.8 Å². The summed E-state index contributed by atoms with van der Waals surface area (Å²) in [4.78, 5) is 4.83. The smallest absolute Gasteiger partial charge is 0.125 e. The van der Waals surface area contributed by atoms with E-state index >= 15 is 0 Å². The number of nitrogens with zero attached hydrogens (tertiary/aromatic N) is 2. The van der Waals surface area contributed by atoms with Gasteiger partial charge in [0.05, 0.1) is 11.0 Å². The van der Waals surface area contributed by atoms with Gasteiger partial charge in [-0.1, -0.05) is 0 Å². The quantitative estimate of drug-likeness (QED) is 0.909. The van der Waals surface area contributed by atoms with Crippen molar-refractivity contribution in [1.82, 2.24) is 14.9 Å². The molecule has 0 radical (unpaired) electrons. The summed E-state index contributed by atoms with van der Waals surface area (Å²) in [6.45, 7) is 4.30. The van der Waals surface area contributed by atoms with Crippen molar-refractivity contribution in [2.45, 2.75) is 57.2 Å². The van der Waals surface area contributed by atoms with Crippen LogP contribution in [0.4, 0.5) is 4.39 Å². The fourth-order valence-corrected chi connectivity index (χ4v) is 4.00. The monoisotopic (exact) mass is 273 g/mol. The Labute approximate surface area is 118 Å². The average molecular weight is 273 g/mol. The third kappa shape index (κ3) is 1.71. The summed E-state index contributed by atoms with van der Waals surface area (Å²) in [6.07, 6.45) is 3.70. The molecule has 4 rings (SSSR count). The maximum absolute atomic E-state index is 13.6. The van der Waals surface area contributed by atoms with Crippen LogP contribution in [0.3, 0.4) is 0 Å². The van der Waals surface area contributed by atoms with E-state index in [1.807, 2.05) is 0 Å². The highest BCUT2D eigenvalue weighted by Gasteiger charge is 2.42. The van der Waals surface area contributed by atoms with Crippen LogP contribution in [0.25, 0.3) is 11.0 Å². The highest BCUT2D eigenvalue weighted by molar-refractivity contribution is 5.76. The molecule has 2 bridgehead atoms. The normalized spacial score (nSPS) is 28.9. The molecule has 4 heteroatoms. The van der Waals surface area contributed by atoms with E-state index in [0.717, 1.165) is 16.9 Å². The molecule has 2 saturated heterocycles. The molecular formula is C16H20FN3. The van der Waals surface area contributed by atoms with Gasteiger partial charge in [0.25, 0.3) is 0 Å². The van der Waals surface area contributed by atoms with Crippen LogP contribution in [0, 0.1) is 5.82 Å². The van der Waals surface area contributed by atoms with E-state index in [4.69, 9.17) is 4.98 Å². The van der Waals surface area contributed by atoms with Gasteiger partial charge in [-0.2, -0.15) is 0 Å². The van der Waals surface area contributed by atoms with Crippen LogP contribution in [0.15, 0.2) is 18.2 Å². The van der Waals surface area contributed by atoms with Crippen LogP contribution in [0.2, 0.25) is 0 Å². The fraction of sp³-hybridized carbons (Fsp3) is 0.562. The molecule has 20 heavy (non-hydrogen) atoms. The molecule has 2 fully saturated rings. The molecule has 0 saturated carbocycles. The van der Waals surface area contributed by atoms with Crippen LogP contribution in [-0.4, -0.2) is 21.6 Å². The van der Waals surface area contributed by atoms with Crippen molar-refractivity contribution in [2.75, 3.05) is 0 Å². The number of benzene rings is 1. The lowest BCUT2D eigenvalue weighted by Crippen LogP contribution is -2.24. The Bertz CT molecular complexity index is 661. The van der Waals surface area contributed by atoms with Crippen LogP contribution in [0.1, 0.15) is 50.9 Å². The van der Waals surface area contributed by atoms with Crippen LogP contribution < -0.4 is 5.32 Å². The fourth-order valence-electron chi connectivity index (χ4n) is 4.00. The molecule has 3 atom stereocenters. The number of imidazole rings is 1. The van der Waals surface area contributed by atoms with E-state index in [9.17, 15) is 4.39 Å². The van der Waals surface area contributed by atoms with Crippen molar-refractivity contribution in [3.63, 3.8) is 0 Å². The summed E-state index contributed by atoms with van der Waals surface area (Å²) >= 11 is 0. The number of fused-ring (bicyclic) bond motifs is 3. The topological polar surface area (TPSA) is 29.9 Å². The lowest BCUT2D eigenvalue weighted by atomic mass is 9.88. The van der Waals surface area contributed by atoms with Crippen LogP contribution in [-0.2, 0) is 0 Å². The predicted molar refractivity (Wildman–Crippen MR) is 77.4 cm³/mol. The van der Waals surface area contributed by atoms with Gasteiger partial charge in [-0.15, -0.1) is 0 Å². The summed E-state index contributed by atoms with van der Waals surface area (Å²) in [5, 5.41) is 3.67. The molecule has 3 unspecified atom stereocenters. The first-order valence-electron chi connectivity index (χ1n) is 7.57. The molecule has 1 aromatic carbocycles. The van der Waals surface area contributed by atoms with E-state index in [1.54, 1.807) is 12.1 Å². The molecule has 3 heterocycles. The van der Waals surface area contributed by atoms with Crippen molar-refractivity contribution in [3.8, 4) is 0 Å².